The maximum atomic E-state index is 14.7. The van der Waals surface area contributed by atoms with Gasteiger partial charge in [0, 0.05) is 12.7 Å². The normalized spacial score (nSPS) is 27.8. The topological polar surface area (TPSA) is 73.1 Å². The predicted molar refractivity (Wildman–Crippen MR) is 89.3 cm³/mol. The number of hydrogen-bond acceptors (Lipinski definition) is 5. The molecule has 26 heavy (non-hydrogen) atoms. The third kappa shape index (κ3) is 2.28. The molecule has 1 spiro atoms. The first-order chi connectivity index (χ1) is 12.6. The summed E-state index contributed by atoms with van der Waals surface area (Å²) in [4.78, 5) is 14.8. The van der Waals surface area contributed by atoms with Gasteiger partial charge in [0.15, 0.2) is 5.82 Å². The van der Waals surface area contributed by atoms with Crippen LogP contribution in [0.25, 0.3) is 5.69 Å². The van der Waals surface area contributed by atoms with Crippen molar-refractivity contribution in [1.82, 2.24) is 25.1 Å². The summed E-state index contributed by atoms with van der Waals surface area (Å²) in [6.45, 7) is 3.07. The second kappa shape index (κ2) is 5.57. The average Bonchev–Trinajstić information content (AvgIpc) is 3.11. The Hall–Kier alpha value is -2.35. The van der Waals surface area contributed by atoms with Crippen LogP contribution in [0.1, 0.15) is 41.9 Å². The molecule has 5 rings (SSSR count). The number of nitrogens with zero attached hydrogens (tertiary/aromatic N) is 5. The minimum atomic E-state index is -0.551. The summed E-state index contributed by atoms with van der Waals surface area (Å²) in [5.74, 6) is 0.253. The lowest BCUT2D eigenvalue weighted by molar-refractivity contribution is -0.149. The van der Waals surface area contributed by atoms with Crippen molar-refractivity contribution in [2.24, 2.45) is 5.92 Å². The number of likely N-dealkylation sites (tertiary alicyclic amines) is 1. The maximum absolute atomic E-state index is 14.7. The Morgan fingerprint density at radius 1 is 1.38 bits per heavy atom. The van der Waals surface area contributed by atoms with Crippen LogP contribution >= 0.6 is 0 Å². The van der Waals surface area contributed by atoms with Crippen molar-refractivity contribution in [3.05, 3.63) is 35.4 Å². The van der Waals surface area contributed by atoms with Gasteiger partial charge in [0.05, 0.1) is 23.8 Å². The highest BCUT2D eigenvalue weighted by molar-refractivity contribution is 5.95. The highest BCUT2D eigenvalue weighted by atomic mass is 19.1. The number of aromatic nitrogens is 4. The zero-order valence-electron chi connectivity index (χ0n) is 14.6. The lowest BCUT2D eigenvalue weighted by Gasteiger charge is -2.55. The summed E-state index contributed by atoms with van der Waals surface area (Å²) in [5, 5.41) is 11.2. The molecule has 1 amide bonds. The summed E-state index contributed by atoms with van der Waals surface area (Å²) in [5.41, 5.74) is 0.411. The largest absolute Gasteiger partial charge is 0.371 e. The number of benzene rings is 1. The van der Waals surface area contributed by atoms with E-state index in [9.17, 15) is 9.18 Å². The fourth-order valence-electron chi connectivity index (χ4n) is 4.46. The summed E-state index contributed by atoms with van der Waals surface area (Å²) < 4.78 is 22.1. The third-order valence-corrected chi connectivity index (χ3v) is 5.83. The number of hydrogen-bond donors (Lipinski definition) is 0. The first-order valence-electron chi connectivity index (χ1n) is 9.09. The van der Waals surface area contributed by atoms with E-state index in [4.69, 9.17) is 4.74 Å². The zero-order valence-corrected chi connectivity index (χ0v) is 14.6. The minimum absolute atomic E-state index is 0.0953. The molecule has 136 valence electrons. The van der Waals surface area contributed by atoms with Gasteiger partial charge in [-0.2, -0.15) is 4.68 Å². The number of tetrazole rings is 1. The molecule has 0 radical (unpaired) electrons. The molecule has 2 aliphatic heterocycles. The molecule has 1 aromatic heterocycles. The van der Waals surface area contributed by atoms with E-state index in [1.807, 2.05) is 4.90 Å². The number of carbonyl (C=O) groups is 1. The van der Waals surface area contributed by atoms with Crippen LogP contribution in [0.5, 0.6) is 0 Å². The van der Waals surface area contributed by atoms with E-state index < -0.39 is 5.82 Å². The van der Waals surface area contributed by atoms with Crippen molar-refractivity contribution in [3.8, 4) is 5.69 Å². The van der Waals surface area contributed by atoms with E-state index in [2.05, 4.69) is 15.5 Å². The van der Waals surface area contributed by atoms with Crippen molar-refractivity contribution < 1.29 is 13.9 Å². The van der Waals surface area contributed by atoms with Gasteiger partial charge in [0.2, 0.25) is 0 Å². The Kier molecular flexibility index (Phi) is 3.40. The van der Waals surface area contributed by atoms with Crippen molar-refractivity contribution >= 4 is 5.91 Å². The molecule has 2 unspecified atom stereocenters. The number of amides is 1. The second-order valence-electron chi connectivity index (χ2n) is 7.53. The maximum Gasteiger partial charge on any atom is 0.257 e. The van der Waals surface area contributed by atoms with Gasteiger partial charge >= 0.3 is 0 Å². The van der Waals surface area contributed by atoms with E-state index in [1.54, 1.807) is 13.0 Å². The van der Waals surface area contributed by atoms with Crippen LogP contribution in [-0.4, -0.2) is 55.8 Å². The van der Waals surface area contributed by atoms with E-state index in [-0.39, 0.29) is 23.1 Å². The molecule has 1 aromatic carbocycles. The van der Waals surface area contributed by atoms with Crippen molar-refractivity contribution in [2.75, 3.05) is 13.2 Å². The Morgan fingerprint density at radius 3 is 2.85 bits per heavy atom. The van der Waals surface area contributed by atoms with E-state index in [0.29, 0.717) is 24.0 Å². The van der Waals surface area contributed by atoms with Crippen LogP contribution < -0.4 is 0 Å². The molecule has 3 heterocycles. The van der Waals surface area contributed by atoms with E-state index in [1.165, 1.54) is 16.8 Å². The predicted octanol–water partition coefficient (Wildman–Crippen LogP) is 1.89. The number of halogens is 1. The summed E-state index contributed by atoms with van der Waals surface area (Å²) in [6.07, 6.45) is 4.29. The fourth-order valence-corrected chi connectivity index (χ4v) is 4.46. The van der Waals surface area contributed by atoms with Gasteiger partial charge in [0.1, 0.15) is 11.4 Å². The fraction of sp³-hybridized carbons (Fsp3) is 0.556. The summed E-state index contributed by atoms with van der Waals surface area (Å²) in [6, 6.07) is 4.61. The molecule has 8 heteroatoms. The third-order valence-electron chi connectivity index (χ3n) is 5.83. The molecule has 2 atom stereocenters. The highest BCUT2D eigenvalue weighted by Gasteiger charge is 2.61. The molecular formula is C18H20FN5O2. The van der Waals surface area contributed by atoms with Gasteiger partial charge in [-0.05, 0) is 61.1 Å². The van der Waals surface area contributed by atoms with Crippen LogP contribution in [-0.2, 0) is 4.74 Å². The van der Waals surface area contributed by atoms with Crippen LogP contribution in [0.3, 0.4) is 0 Å². The number of carbonyl (C=O) groups excluding carboxylic acids is 1. The Balaban J connectivity index is 1.41. The Morgan fingerprint density at radius 2 is 2.23 bits per heavy atom. The highest BCUT2D eigenvalue weighted by Crippen LogP contribution is 2.51. The van der Waals surface area contributed by atoms with E-state index in [0.717, 1.165) is 32.3 Å². The van der Waals surface area contributed by atoms with Gasteiger partial charge in [-0.25, -0.2) is 4.39 Å². The first kappa shape index (κ1) is 15.9. The molecule has 3 aliphatic rings. The Bertz CT molecular complexity index is 872. The summed E-state index contributed by atoms with van der Waals surface area (Å²) in [7, 11) is 0. The minimum Gasteiger partial charge on any atom is -0.371 e. The first-order valence-corrected chi connectivity index (χ1v) is 9.09. The van der Waals surface area contributed by atoms with Crippen molar-refractivity contribution in [2.45, 2.75) is 44.2 Å². The molecule has 2 aromatic rings. The number of rotatable bonds is 3. The van der Waals surface area contributed by atoms with Crippen LogP contribution in [0, 0.1) is 18.7 Å². The van der Waals surface area contributed by atoms with Crippen molar-refractivity contribution in [3.63, 3.8) is 0 Å². The monoisotopic (exact) mass is 357 g/mol. The quantitative estimate of drug-likeness (QED) is 0.839. The zero-order chi connectivity index (χ0) is 17.9. The molecule has 1 saturated carbocycles. The van der Waals surface area contributed by atoms with Crippen LogP contribution in [0.15, 0.2) is 18.2 Å². The molecule has 3 fully saturated rings. The van der Waals surface area contributed by atoms with E-state index >= 15 is 0 Å². The standard InChI is InChI=1S/C18H20FN5O2/c1-11-20-21-22-24(11)13-5-6-14(15(19)9-13)17(25)23-10-18(7-2-8-26-18)16(23)12-3-4-12/h5-6,9,12,16H,2-4,7-8,10H2,1H3. The molecular weight excluding hydrogens is 337 g/mol. The SMILES string of the molecule is Cc1nnnn1-c1ccc(C(=O)N2CC3(CCCO3)C2C2CC2)c(F)c1. The van der Waals surface area contributed by atoms with Gasteiger partial charge < -0.3 is 9.64 Å². The Labute approximate surface area is 150 Å². The van der Waals surface area contributed by atoms with Gasteiger partial charge in [-0.15, -0.1) is 5.10 Å². The average molecular weight is 357 g/mol. The van der Waals surface area contributed by atoms with Crippen LogP contribution in [0.4, 0.5) is 4.39 Å². The molecule has 7 nitrogen and oxygen atoms in total. The molecule has 0 N–H and O–H groups in total. The molecule has 0 bridgehead atoms. The molecule has 1 aliphatic carbocycles. The second-order valence-corrected chi connectivity index (χ2v) is 7.53. The summed E-state index contributed by atoms with van der Waals surface area (Å²) >= 11 is 0. The smallest absolute Gasteiger partial charge is 0.257 e. The lowest BCUT2D eigenvalue weighted by atomic mass is 9.77. The lowest BCUT2D eigenvalue weighted by Crippen LogP contribution is -2.71. The van der Waals surface area contributed by atoms with Crippen molar-refractivity contribution in [1.29, 1.82) is 0 Å². The molecule has 2 saturated heterocycles. The van der Waals surface area contributed by atoms with Gasteiger partial charge in [-0.3, -0.25) is 4.79 Å². The van der Waals surface area contributed by atoms with Gasteiger partial charge in [-0.1, -0.05) is 0 Å². The van der Waals surface area contributed by atoms with Crippen LogP contribution in [0.2, 0.25) is 0 Å². The number of aryl methyl sites for hydroxylation is 1. The number of ether oxygens (including phenoxy) is 1. The van der Waals surface area contributed by atoms with Gasteiger partial charge in [0.25, 0.3) is 5.91 Å².